The molecule has 0 atom stereocenters. The Bertz CT molecular complexity index is 694. The van der Waals surface area contributed by atoms with Crippen LogP contribution in [0.1, 0.15) is 5.69 Å². The number of pyridine rings is 2. The molecule has 1 aliphatic heterocycles. The van der Waals surface area contributed by atoms with Crippen LogP contribution in [0.5, 0.6) is 0 Å². The summed E-state index contributed by atoms with van der Waals surface area (Å²) in [5.41, 5.74) is 2.94. The summed E-state index contributed by atoms with van der Waals surface area (Å²) in [6, 6.07) is 12.2. The van der Waals surface area contributed by atoms with Gasteiger partial charge in [0.1, 0.15) is 0 Å². The van der Waals surface area contributed by atoms with Crippen LogP contribution < -0.4 is 26.6 Å². The number of nitrogens with one attached hydrogen (secondary N) is 5. The molecule has 0 amide bonds. The lowest BCUT2D eigenvalue weighted by Crippen LogP contribution is -2.41. The van der Waals surface area contributed by atoms with Gasteiger partial charge >= 0.3 is 0 Å². The number of hydrogen-bond acceptors (Lipinski definition) is 8. The minimum atomic E-state index is 0.839. The molecule has 1 fully saturated rings. The van der Waals surface area contributed by atoms with Gasteiger partial charge in [0.2, 0.25) is 0 Å². The highest BCUT2D eigenvalue weighted by atomic mass is 15.2. The van der Waals surface area contributed by atoms with Crippen molar-refractivity contribution in [1.82, 2.24) is 41.5 Å². The van der Waals surface area contributed by atoms with Crippen LogP contribution in [0.25, 0.3) is 11.4 Å². The lowest BCUT2D eigenvalue weighted by Gasteiger charge is -2.23. The van der Waals surface area contributed by atoms with Gasteiger partial charge in [-0.05, 0) is 24.3 Å². The monoisotopic (exact) mass is 426 g/mol. The van der Waals surface area contributed by atoms with Crippen LogP contribution in [-0.2, 0) is 6.54 Å². The van der Waals surface area contributed by atoms with Crippen molar-refractivity contribution in [2.75, 3.05) is 78.5 Å². The molecule has 3 rings (SSSR count). The van der Waals surface area contributed by atoms with Crippen molar-refractivity contribution < 1.29 is 0 Å². The number of rotatable bonds is 3. The van der Waals surface area contributed by atoms with Gasteiger partial charge in [-0.25, -0.2) is 4.98 Å². The minimum absolute atomic E-state index is 0.839. The summed E-state index contributed by atoms with van der Waals surface area (Å²) in [4.78, 5) is 11.8. The molecule has 0 unspecified atom stereocenters. The lowest BCUT2D eigenvalue weighted by atomic mass is 10.2. The SMILES string of the molecule is c1ccc(-c2cccc(CN3CCNCCNCCNCCNCCNCC3)n2)nc1. The van der Waals surface area contributed by atoms with Crippen LogP contribution in [0, 0.1) is 0 Å². The van der Waals surface area contributed by atoms with Crippen LogP contribution in [0.15, 0.2) is 42.6 Å². The third kappa shape index (κ3) is 9.82. The van der Waals surface area contributed by atoms with Crippen molar-refractivity contribution in [2.24, 2.45) is 0 Å². The molecular formula is C23H38N8. The summed E-state index contributed by atoms with van der Waals surface area (Å²) in [5, 5.41) is 17.5. The van der Waals surface area contributed by atoms with Gasteiger partial charge in [-0.1, -0.05) is 12.1 Å². The second kappa shape index (κ2) is 15.0. The largest absolute Gasteiger partial charge is 0.314 e. The van der Waals surface area contributed by atoms with Crippen molar-refractivity contribution in [3.05, 3.63) is 48.3 Å². The predicted octanol–water partition coefficient (Wildman–Crippen LogP) is -0.0928. The van der Waals surface area contributed by atoms with E-state index in [4.69, 9.17) is 4.98 Å². The van der Waals surface area contributed by atoms with Crippen LogP contribution in [0.2, 0.25) is 0 Å². The third-order valence-electron chi connectivity index (χ3n) is 5.24. The smallest absolute Gasteiger partial charge is 0.0890 e. The Morgan fingerprint density at radius 2 is 1.16 bits per heavy atom. The maximum absolute atomic E-state index is 4.87. The molecule has 0 saturated carbocycles. The molecular weight excluding hydrogens is 388 g/mol. The van der Waals surface area contributed by atoms with Gasteiger partial charge in [-0.15, -0.1) is 0 Å². The van der Waals surface area contributed by atoms with E-state index in [1.807, 2.05) is 30.5 Å². The molecule has 0 aromatic carbocycles. The van der Waals surface area contributed by atoms with Gasteiger partial charge in [0.25, 0.3) is 0 Å². The van der Waals surface area contributed by atoms with Crippen molar-refractivity contribution in [1.29, 1.82) is 0 Å². The maximum atomic E-state index is 4.87. The van der Waals surface area contributed by atoms with Crippen LogP contribution in [0.4, 0.5) is 0 Å². The molecule has 0 bridgehead atoms. The third-order valence-corrected chi connectivity index (χ3v) is 5.24. The molecule has 0 radical (unpaired) electrons. The van der Waals surface area contributed by atoms with E-state index < -0.39 is 0 Å². The van der Waals surface area contributed by atoms with Crippen molar-refractivity contribution in [3.63, 3.8) is 0 Å². The molecule has 3 heterocycles. The van der Waals surface area contributed by atoms with E-state index in [9.17, 15) is 0 Å². The van der Waals surface area contributed by atoms with E-state index in [1.165, 1.54) is 0 Å². The maximum Gasteiger partial charge on any atom is 0.0890 e. The second-order valence-corrected chi connectivity index (χ2v) is 7.76. The summed E-state index contributed by atoms with van der Waals surface area (Å²) < 4.78 is 0. The predicted molar refractivity (Wildman–Crippen MR) is 127 cm³/mol. The van der Waals surface area contributed by atoms with Crippen LogP contribution >= 0.6 is 0 Å². The van der Waals surface area contributed by atoms with Gasteiger partial charge in [0.05, 0.1) is 17.1 Å². The van der Waals surface area contributed by atoms with Gasteiger partial charge in [0.15, 0.2) is 0 Å². The van der Waals surface area contributed by atoms with Crippen molar-refractivity contribution in [2.45, 2.75) is 6.54 Å². The average Bonchev–Trinajstić information content (AvgIpc) is 2.81. The summed E-state index contributed by atoms with van der Waals surface area (Å²) in [7, 11) is 0. The zero-order chi connectivity index (χ0) is 21.4. The molecule has 1 aliphatic rings. The fraction of sp³-hybridized carbons (Fsp3) is 0.565. The van der Waals surface area contributed by atoms with E-state index >= 15 is 0 Å². The van der Waals surface area contributed by atoms with Crippen LogP contribution in [0.3, 0.4) is 0 Å². The first-order valence-corrected chi connectivity index (χ1v) is 11.5. The first-order chi connectivity index (χ1) is 15.4. The average molecular weight is 427 g/mol. The Hall–Kier alpha value is -1.94. The molecule has 170 valence electrons. The molecule has 8 nitrogen and oxygen atoms in total. The zero-order valence-electron chi connectivity index (χ0n) is 18.6. The highest BCUT2D eigenvalue weighted by molar-refractivity contribution is 5.53. The topological polar surface area (TPSA) is 89.2 Å². The molecule has 5 N–H and O–H groups in total. The van der Waals surface area contributed by atoms with Gasteiger partial charge < -0.3 is 26.6 Å². The Kier molecular flexibility index (Phi) is 11.4. The fourth-order valence-electron chi connectivity index (χ4n) is 3.53. The molecule has 8 heteroatoms. The molecule has 0 aliphatic carbocycles. The molecule has 31 heavy (non-hydrogen) atoms. The van der Waals surface area contributed by atoms with Gasteiger partial charge in [-0.2, -0.15) is 0 Å². The highest BCUT2D eigenvalue weighted by Crippen LogP contribution is 2.14. The van der Waals surface area contributed by atoms with Gasteiger partial charge in [-0.3, -0.25) is 9.88 Å². The van der Waals surface area contributed by atoms with E-state index in [0.717, 1.165) is 102 Å². The highest BCUT2D eigenvalue weighted by Gasteiger charge is 2.09. The number of hydrogen-bond donors (Lipinski definition) is 5. The summed E-state index contributed by atoms with van der Waals surface area (Å²) in [6.45, 7) is 12.8. The van der Waals surface area contributed by atoms with E-state index in [-0.39, 0.29) is 0 Å². The Morgan fingerprint density at radius 1 is 0.613 bits per heavy atom. The van der Waals surface area contributed by atoms with E-state index in [2.05, 4.69) is 48.6 Å². The summed E-state index contributed by atoms with van der Waals surface area (Å²) >= 11 is 0. The van der Waals surface area contributed by atoms with Crippen molar-refractivity contribution >= 4 is 0 Å². The van der Waals surface area contributed by atoms with E-state index in [1.54, 1.807) is 0 Å². The standard InChI is InChI=1S/C23H38N8/c1-2-7-29-22(5-1)23-6-3-4-21(30-23)20-31-18-16-27-14-12-25-10-8-24-9-11-26-13-15-28-17-19-31/h1-7,24-28H,8-20H2. The quantitative estimate of drug-likeness (QED) is 0.465. The Balaban J connectivity index is 1.53. The Morgan fingerprint density at radius 3 is 1.71 bits per heavy atom. The first-order valence-electron chi connectivity index (χ1n) is 11.5. The number of nitrogens with zero attached hydrogens (tertiary/aromatic N) is 3. The van der Waals surface area contributed by atoms with Crippen molar-refractivity contribution in [3.8, 4) is 11.4 Å². The molecule has 1 saturated heterocycles. The summed E-state index contributed by atoms with van der Waals surface area (Å²) in [5.74, 6) is 0. The molecule has 2 aromatic rings. The summed E-state index contributed by atoms with van der Waals surface area (Å²) in [6.07, 6.45) is 1.82. The van der Waals surface area contributed by atoms with E-state index in [0.29, 0.717) is 0 Å². The minimum Gasteiger partial charge on any atom is -0.314 e. The van der Waals surface area contributed by atoms with Gasteiger partial charge in [0, 0.05) is 91.3 Å². The van der Waals surface area contributed by atoms with Crippen LogP contribution in [-0.4, -0.2) is 93.4 Å². The zero-order valence-corrected chi connectivity index (χ0v) is 18.6. The molecule has 2 aromatic heterocycles. The molecule has 0 spiro atoms. The number of aromatic nitrogens is 2. The second-order valence-electron chi connectivity index (χ2n) is 7.76. The first kappa shape index (κ1) is 23.7. The lowest BCUT2D eigenvalue weighted by molar-refractivity contribution is 0.262. The Labute approximate surface area is 186 Å². The fourth-order valence-corrected chi connectivity index (χ4v) is 3.53. The normalized spacial score (nSPS) is 19.4.